The highest BCUT2D eigenvalue weighted by Gasteiger charge is 2.50. The quantitative estimate of drug-likeness (QED) is 0.733. The van der Waals surface area contributed by atoms with Crippen molar-refractivity contribution in [2.75, 3.05) is 13.1 Å². The van der Waals surface area contributed by atoms with Gasteiger partial charge in [0.2, 0.25) is 5.91 Å². The molecule has 0 spiro atoms. The minimum Gasteiger partial charge on any atom is -0.354 e. The Kier molecular flexibility index (Phi) is 5.70. The second kappa shape index (κ2) is 8.02. The summed E-state index contributed by atoms with van der Waals surface area (Å²) >= 11 is 6.20. The van der Waals surface area contributed by atoms with E-state index in [1.807, 2.05) is 37.3 Å². The number of hydrogen-bond donors (Lipinski definition) is 2. The molecule has 7 heteroatoms. The van der Waals surface area contributed by atoms with Crippen molar-refractivity contribution >= 4 is 29.4 Å². The van der Waals surface area contributed by atoms with Gasteiger partial charge in [0.05, 0.1) is 0 Å². The molecule has 0 unspecified atom stereocenters. The fourth-order valence-corrected chi connectivity index (χ4v) is 3.58. The van der Waals surface area contributed by atoms with Crippen LogP contribution in [0.3, 0.4) is 0 Å². The molecule has 3 rings (SSSR count). The standard InChI is InChI=1S/C21H22ClN3O3/c1-14(15-8-4-3-5-9-15)12-23-18(26)13-25-19(27)21(2,24-20(25)28)16-10-6-7-11-17(16)22/h3-11,14H,12-13H2,1-2H3,(H,23,26)(H,24,28)/t14-,21-/m1/s1. The zero-order chi connectivity index (χ0) is 20.3. The van der Waals surface area contributed by atoms with E-state index in [1.54, 1.807) is 31.2 Å². The Morgan fingerprint density at radius 3 is 2.46 bits per heavy atom. The molecule has 1 aliphatic rings. The molecule has 2 aromatic carbocycles. The van der Waals surface area contributed by atoms with Gasteiger partial charge in [-0.25, -0.2) is 4.79 Å². The second-order valence-corrected chi connectivity index (χ2v) is 7.45. The molecule has 0 radical (unpaired) electrons. The molecule has 0 saturated carbocycles. The second-order valence-electron chi connectivity index (χ2n) is 7.04. The van der Waals surface area contributed by atoms with Gasteiger partial charge in [0.1, 0.15) is 12.1 Å². The first kappa shape index (κ1) is 19.9. The minimum absolute atomic E-state index is 0.113. The van der Waals surface area contributed by atoms with Crippen molar-refractivity contribution in [1.82, 2.24) is 15.5 Å². The number of urea groups is 1. The molecule has 0 aromatic heterocycles. The fourth-order valence-electron chi connectivity index (χ4n) is 3.26. The van der Waals surface area contributed by atoms with E-state index in [4.69, 9.17) is 11.6 Å². The van der Waals surface area contributed by atoms with E-state index in [1.165, 1.54) is 0 Å². The fraction of sp³-hybridized carbons (Fsp3) is 0.286. The van der Waals surface area contributed by atoms with Crippen LogP contribution in [0.4, 0.5) is 4.79 Å². The van der Waals surface area contributed by atoms with Crippen LogP contribution in [0.1, 0.15) is 30.9 Å². The molecule has 4 amide bonds. The molecule has 0 bridgehead atoms. The van der Waals surface area contributed by atoms with Crippen molar-refractivity contribution in [3.63, 3.8) is 0 Å². The van der Waals surface area contributed by atoms with Crippen LogP contribution < -0.4 is 10.6 Å². The predicted molar refractivity (Wildman–Crippen MR) is 107 cm³/mol. The third-order valence-corrected chi connectivity index (χ3v) is 5.29. The van der Waals surface area contributed by atoms with Crippen molar-refractivity contribution < 1.29 is 14.4 Å². The smallest absolute Gasteiger partial charge is 0.325 e. The Morgan fingerprint density at radius 2 is 1.79 bits per heavy atom. The molecule has 1 heterocycles. The van der Waals surface area contributed by atoms with Crippen LogP contribution in [0, 0.1) is 0 Å². The SMILES string of the molecule is C[C@H](CNC(=O)CN1C(=O)N[C@](C)(c2ccccc2Cl)C1=O)c1ccccc1. The average Bonchev–Trinajstić information content (AvgIpc) is 2.91. The Bertz CT molecular complexity index is 903. The Balaban J connectivity index is 1.64. The van der Waals surface area contributed by atoms with Crippen molar-refractivity contribution in [3.8, 4) is 0 Å². The van der Waals surface area contributed by atoms with Gasteiger partial charge in [-0.05, 0) is 24.5 Å². The van der Waals surface area contributed by atoms with Crippen LogP contribution in [0.2, 0.25) is 5.02 Å². The van der Waals surface area contributed by atoms with E-state index in [0.717, 1.165) is 10.5 Å². The zero-order valence-corrected chi connectivity index (χ0v) is 16.5. The number of halogens is 1. The summed E-state index contributed by atoms with van der Waals surface area (Å²) in [5.74, 6) is -0.784. The number of benzene rings is 2. The summed E-state index contributed by atoms with van der Waals surface area (Å²) in [6.45, 7) is 3.65. The number of amides is 4. The number of rotatable bonds is 6. The van der Waals surface area contributed by atoms with Crippen molar-refractivity contribution in [2.24, 2.45) is 0 Å². The third kappa shape index (κ3) is 3.87. The maximum atomic E-state index is 12.9. The van der Waals surface area contributed by atoms with Gasteiger partial charge in [-0.15, -0.1) is 0 Å². The molecule has 2 atom stereocenters. The van der Waals surface area contributed by atoms with Crippen LogP contribution in [-0.2, 0) is 15.1 Å². The highest BCUT2D eigenvalue weighted by Crippen LogP contribution is 2.33. The summed E-state index contributed by atoms with van der Waals surface area (Å²) in [6.07, 6.45) is 0. The maximum Gasteiger partial charge on any atom is 0.325 e. The molecule has 1 saturated heterocycles. The first-order valence-electron chi connectivity index (χ1n) is 9.03. The summed E-state index contributed by atoms with van der Waals surface area (Å²) in [4.78, 5) is 38.5. The third-order valence-electron chi connectivity index (χ3n) is 4.96. The van der Waals surface area contributed by atoms with Crippen LogP contribution in [-0.4, -0.2) is 35.8 Å². The summed E-state index contributed by atoms with van der Waals surface area (Å²) in [5.41, 5.74) is 0.298. The van der Waals surface area contributed by atoms with Crippen LogP contribution in [0.5, 0.6) is 0 Å². The number of imide groups is 1. The number of nitrogens with one attached hydrogen (secondary N) is 2. The lowest BCUT2D eigenvalue weighted by Crippen LogP contribution is -2.43. The Labute approximate surface area is 168 Å². The molecule has 0 aliphatic carbocycles. The van der Waals surface area contributed by atoms with Crippen molar-refractivity contribution in [1.29, 1.82) is 0 Å². The molecular formula is C21H22ClN3O3. The molecular weight excluding hydrogens is 378 g/mol. The first-order chi connectivity index (χ1) is 13.3. The van der Waals surface area contributed by atoms with E-state index in [9.17, 15) is 14.4 Å². The molecule has 2 aromatic rings. The lowest BCUT2D eigenvalue weighted by molar-refractivity contribution is -0.134. The van der Waals surface area contributed by atoms with Gasteiger partial charge in [0.25, 0.3) is 5.91 Å². The van der Waals surface area contributed by atoms with Gasteiger partial charge in [-0.1, -0.05) is 67.1 Å². The van der Waals surface area contributed by atoms with E-state index >= 15 is 0 Å². The summed E-state index contributed by atoms with van der Waals surface area (Å²) in [6, 6.07) is 16.0. The zero-order valence-electron chi connectivity index (χ0n) is 15.7. The monoisotopic (exact) mass is 399 g/mol. The maximum absolute atomic E-state index is 12.9. The lowest BCUT2D eigenvalue weighted by Gasteiger charge is -2.23. The molecule has 146 valence electrons. The van der Waals surface area contributed by atoms with E-state index in [0.29, 0.717) is 17.1 Å². The first-order valence-corrected chi connectivity index (χ1v) is 9.41. The lowest BCUT2D eigenvalue weighted by atomic mass is 9.92. The van der Waals surface area contributed by atoms with Crippen LogP contribution in [0.15, 0.2) is 54.6 Å². The van der Waals surface area contributed by atoms with Gasteiger partial charge in [-0.2, -0.15) is 0 Å². The van der Waals surface area contributed by atoms with Crippen LogP contribution >= 0.6 is 11.6 Å². The van der Waals surface area contributed by atoms with Gasteiger partial charge >= 0.3 is 6.03 Å². The Morgan fingerprint density at radius 1 is 1.14 bits per heavy atom. The van der Waals surface area contributed by atoms with E-state index in [-0.39, 0.29) is 12.5 Å². The Hall–Kier alpha value is -2.86. The minimum atomic E-state index is -1.30. The number of carbonyl (C=O) groups excluding carboxylic acids is 3. The average molecular weight is 400 g/mol. The predicted octanol–water partition coefficient (Wildman–Crippen LogP) is 3.03. The molecule has 6 nitrogen and oxygen atoms in total. The normalized spacial score (nSPS) is 20.0. The molecule has 1 fully saturated rings. The van der Waals surface area contributed by atoms with Crippen molar-refractivity contribution in [3.05, 3.63) is 70.7 Å². The van der Waals surface area contributed by atoms with Gasteiger partial charge in [0.15, 0.2) is 0 Å². The summed E-state index contributed by atoms with van der Waals surface area (Å²) in [5, 5.41) is 5.82. The van der Waals surface area contributed by atoms with Gasteiger partial charge < -0.3 is 10.6 Å². The molecule has 28 heavy (non-hydrogen) atoms. The topological polar surface area (TPSA) is 78.5 Å². The van der Waals surface area contributed by atoms with E-state index in [2.05, 4.69) is 10.6 Å². The molecule has 1 aliphatic heterocycles. The number of hydrogen-bond acceptors (Lipinski definition) is 3. The highest BCUT2D eigenvalue weighted by atomic mass is 35.5. The number of carbonyl (C=O) groups is 3. The van der Waals surface area contributed by atoms with E-state index < -0.39 is 23.4 Å². The summed E-state index contributed by atoms with van der Waals surface area (Å²) < 4.78 is 0. The molecule has 2 N–H and O–H groups in total. The number of nitrogens with zero attached hydrogens (tertiary/aromatic N) is 1. The van der Waals surface area contributed by atoms with Crippen molar-refractivity contribution in [2.45, 2.75) is 25.3 Å². The van der Waals surface area contributed by atoms with Gasteiger partial charge in [-0.3, -0.25) is 14.5 Å². The van der Waals surface area contributed by atoms with Crippen LogP contribution in [0.25, 0.3) is 0 Å². The van der Waals surface area contributed by atoms with Gasteiger partial charge in [0, 0.05) is 17.1 Å². The largest absolute Gasteiger partial charge is 0.354 e. The highest BCUT2D eigenvalue weighted by molar-refractivity contribution is 6.32. The summed E-state index contributed by atoms with van der Waals surface area (Å²) in [7, 11) is 0.